The smallest absolute Gasteiger partial charge is 0.241 e. The molecule has 0 unspecified atom stereocenters. The van der Waals surface area contributed by atoms with Crippen LogP contribution in [0.2, 0.25) is 0 Å². The first-order valence-corrected chi connectivity index (χ1v) is 7.07. The summed E-state index contributed by atoms with van der Waals surface area (Å²) < 4.78 is 0. The molecule has 1 aromatic heterocycles. The molecule has 3 nitrogen and oxygen atoms in total. The van der Waals surface area contributed by atoms with Crippen molar-refractivity contribution in [3.8, 4) is 11.3 Å². The van der Waals surface area contributed by atoms with Crippen LogP contribution in [-0.2, 0) is 17.6 Å². The Morgan fingerprint density at radius 2 is 2.22 bits per heavy atom. The highest BCUT2D eigenvalue weighted by atomic mass is 35.5. The van der Waals surface area contributed by atoms with Crippen molar-refractivity contribution in [2.75, 3.05) is 11.2 Å². The zero-order valence-electron chi connectivity index (χ0n) is 9.57. The van der Waals surface area contributed by atoms with Crippen molar-refractivity contribution in [3.63, 3.8) is 0 Å². The lowest BCUT2D eigenvalue weighted by molar-refractivity contribution is -0.113. The van der Waals surface area contributed by atoms with Gasteiger partial charge in [-0.15, -0.1) is 22.9 Å². The highest BCUT2D eigenvalue weighted by Gasteiger charge is 2.20. The Kier molecular flexibility index (Phi) is 3.06. The van der Waals surface area contributed by atoms with Gasteiger partial charge in [-0.3, -0.25) is 4.79 Å². The van der Waals surface area contributed by atoms with Crippen molar-refractivity contribution in [3.05, 3.63) is 34.7 Å². The number of fused-ring (bicyclic) bond motifs is 3. The lowest BCUT2D eigenvalue weighted by Gasteiger charge is -2.13. The zero-order chi connectivity index (χ0) is 12.5. The van der Waals surface area contributed by atoms with Gasteiger partial charge < -0.3 is 5.32 Å². The van der Waals surface area contributed by atoms with Gasteiger partial charge in [-0.05, 0) is 18.4 Å². The molecule has 0 spiro atoms. The molecule has 1 aliphatic rings. The van der Waals surface area contributed by atoms with Gasteiger partial charge in [0, 0.05) is 10.4 Å². The summed E-state index contributed by atoms with van der Waals surface area (Å²) in [6, 6.07) is 8.28. The summed E-state index contributed by atoms with van der Waals surface area (Å²) in [5.41, 5.74) is 3.51. The number of aromatic nitrogens is 1. The van der Waals surface area contributed by atoms with Gasteiger partial charge in [0.1, 0.15) is 5.88 Å². The Morgan fingerprint density at radius 1 is 1.39 bits per heavy atom. The molecule has 1 aliphatic carbocycles. The zero-order valence-corrected chi connectivity index (χ0v) is 11.1. The third-order valence-corrected chi connectivity index (χ3v) is 4.23. The molecule has 2 aromatic rings. The Hall–Kier alpha value is -1.39. The fraction of sp³-hybridized carbons (Fsp3) is 0.231. The maximum absolute atomic E-state index is 11.3. The molecule has 0 aliphatic heterocycles. The van der Waals surface area contributed by atoms with E-state index in [2.05, 4.69) is 22.4 Å². The van der Waals surface area contributed by atoms with Gasteiger partial charge in [-0.1, -0.05) is 24.3 Å². The summed E-state index contributed by atoms with van der Waals surface area (Å²) >= 11 is 7.02. The standard InChI is InChI=1S/C13H11ClN2OS/c14-7-11(17)15-13-16-12-9-4-2-1-3-8(9)5-6-10(12)18-13/h1-4H,5-7H2,(H,15,16,17). The van der Waals surface area contributed by atoms with E-state index in [-0.39, 0.29) is 11.8 Å². The highest BCUT2D eigenvalue weighted by molar-refractivity contribution is 7.16. The van der Waals surface area contributed by atoms with E-state index in [0.717, 1.165) is 18.5 Å². The molecule has 0 saturated heterocycles. The molecule has 0 fully saturated rings. The molecule has 1 N–H and O–H groups in total. The van der Waals surface area contributed by atoms with Crippen LogP contribution in [0.5, 0.6) is 0 Å². The van der Waals surface area contributed by atoms with Crippen LogP contribution >= 0.6 is 22.9 Å². The summed E-state index contributed by atoms with van der Waals surface area (Å²) in [5, 5.41) is 3.36. The van der Waals surface area contributed by atoms with Gasteiger partial charge in [-0.25, -0.2) is 4.98 Å². The van der Waals surface area contributed by atoms with Crippen LogP contribution < -0.4 is 5.32 Å². The van der Waals surface area contributed by atoms with Gasteiger partial charge in [0.05, 0.1) is 5.69 Å². The minimum Gasteiger partial charge on any atom is -0.301 e. The SMILES string of the molecule is O=C(CCl)Nc1nc2c(s1)CCc1ccccc1-2. The Bertz CT molecular complexity index is 609. The van der Waals surface area contributed by atoms with Crippen LogP contribution in [0.15, 0.2) is 24.3 Å². The number of nitrogens with zero attached hydrogens (tertiary/aromatic N) is 1. The lowest BCUT2D eigenvalue weighted by atomic mass is 9.94. The van der Waals surface area contributed by atoms with Crippen LogP contribution in [0.4, 0.5) is 5.13 Å². The van der Waals surface area contributed by atoms with Crippen molar-refractivity contribution in [2.45, 2.75) is 12.8 Å². The second-order valence-electron chi connectivity index (χ2n) is 4.13. The molecule has 1 aromatic carbocycles. The van der Waals surface area contributed by atoms with Crippen LogP contribution in [0.1, 0.15) is 10.4 Å². The van der Waals surface area contributed by atoms with Crippen molar-refractivity contribution in [1.82, 2.24) is 4.98 Å². The summed E-state index contributed by atoms with van der Waals surface area (Å²) in [6.45, 7) is 0. The topological polar surface area (TPSA) is 42.0 Å². The second kappa shape index (κ2) is 4.71. The summed E-state index contributed by atoms with van der Waals surface area (Å²) in [7, 11) is 0. The number of nitrogens with one attached hydrogen (secondary N) is 1. The number of rotatable bonds is 2. The van der Waals surface area contributed by atoms with E-state index < -0.39 is 0 Å². The Labute approximate surface area is 114 Å². The van der Waals surface area contributed by atoms with E-state index in [1.54, 1.807) is 11.3 Å². The fourth-order valence-electron chi connectivity index (χ4n) is 2.16. The van der Waals surface area contributed by atoms with Crippen molar-refractivity contribution in [2.24, 2.45) is 0 Å². The predicted molar refractivity (Wildman–Crippen MR) is 74.3 cm³/mol. The number of carbonyl (C=O) groups excluding carboxylic acids is 1. The molecule has 0 radical (unpaired) electrons. The lowest BCUT2D eigenvalue weighted by Crippen LogP contribution is -2.12. The van der Waals surface area contributed by atoms with E-state index in [1.807, 2.05) is 12.1 Å². The van der Waals surface area contributed by atoms with E-state index >= 15 is 0 Å². The average molecular weight is 279 g/mol. The Morgan fingerprint density at radius 3 is 3.06 bits per heavy atom. The molecular weight excluding hydrogens is 268 g/mol. The maximum atomic E-state index is 11.3. The van der Waals surface area contributed by atoms with Gasteiger partial charge in [0.25, 0.3) is 0 Å². The molecule has 0 atom stereocenters. The van der Waals surface area contributed by atoms with Crippen LogP contribution in [0.3, 0.4) is 0 Å². The number of halogens is 1. The minimum atomic E-state index is -0.212. The maximum Gasteiger partial charge on any atom is 0.241 e. The molecule has 1 heterocycles. The number of alkyl halides is 1. The summed E-state index contributed by atoms with van der Waals surface area (Å²) in [4.78, 5) is 17.0. The number of amides is 1. The van der Waals surface area contributed by atoms with E-state index in [4.69, 9.17) is 11.6 Å². The van der Waals surface area contributed by atoms with Gasteiger partial charge in [-0.2, -0.15) is 0 Å². The van der Waals surface area contributed by atoms with Crippen molar-refractivity contribution < 1.29 is 4.79 Å². The van der Waals surface area contributed by atoms with Crippen molar-refractivity contribution in [1.29, 1.82) is 0 Å². The molecule has 18 heavy (non-hydrogen) atoms. The van der Waals surface area contributed by atoms with Gasteiger partial charge in [0.15, 0.2) is 5.13 Å². The third kappa shape index (κ3) is 2.02. The number of hydrogen-bond donors (Lipinski definition) is 1. The van der Waals surface area contributed by atoms with Crippen LogP contribution in [0.25, 0.3) is 11.3 Å². The number of thiazole rings is 1. The quantitative estimate of drug-likeness (QED) is 0.858. The third-order valence-electron chi connectivity index (χ3n) is 2.96. The molecule has 1 amide bonds. The highest BCUT2D eigenvalue weighted by Crippen LogP contribution is 2.37. The number of aryl methyl sites for hydroxylation is 2. The summed E-state index contributed by atoms with van der Waals surface area (Å²) in [5.74, 6) is -0.253. The predicted octanol–water partition coefficient (Wildman–Crippen LogP) is 3.09. The van der Waals surface area contributed by atoms with Gasteiger partial charge >= 0.3 is 0 Å². The second-order valence-corrected chi connectivity index (χ2v) is 5.48. The summed E-state index contributed by atoms with van der Waals surface area (Å²) in [6.07, 6.45) is 2.02. The molecule has 0 saturated carbocycles. The fourth-order valence-corrected chi connectivity index (χ4v) is 3.21. The molecule has 5 heteroatoms. The first-order chi connectivity index (χ1) is 8.78. The first kappa shape index (κ1) is 11.7. The number of hydrogen-bond acceptors (Lipinski definition) is 3. The van der Waals surface area contributed by atoms with E-state index in [9.17, 15) is 4.79 Å². The molecular formula is C13H11ClN2OS. The Balaban J connectivity index is 1.99. The minimum absolute atomic E-state index is 0.0408. The average Bonchev–Trinajstić information content (AvgIpc) is 2.81. The molecule has 92 valence electrons. The molecule has 0 bridgehead atoms. The number of benzene rings is 1. The number of carbonyl (C=O) groups is 1. The largest absolute Gasteiger partial charge is 0.301 e. The van der Waals surface area contributed by atoms with Crippen LogP contribution in [0, 0.1) is 0 Å². The molecule has 3 rings (SSSR count). The van der Waals surface area contributed by atoms with Crippen LogP contribution in [-0.4, -0.2) is 16.8 Å². The monoisotopic (exact) mass is 278 g/mol. The number of anilines is 1. The normalized spacial score (nSPS) is 12.7. The van der Waals surface area contributed by atoms with Gasteiger partial charge in [0.2, 0.25) is 5.91 Å². The first-order valence-electron chi connectivity index (χ1n) is 5.71. The van der Waals surface area contributed by atoms with E-state index in [0.29, 0.717) is 5.13 Å². The van der Waals surface area contributed by atoms with E-state index in [1.165, 1.54) is 16.0 Å². The van der Waals surface area contributed by atoms with Crippen molar-refractivity contribution >= 4 is 34.0 Å².